The van der Waals surface area contributed by atoms with E-state index in [2.05, 4.69) is 21.3 Å². The van der Waals surface area contributed by atoms with Crippen molar-refractivity contribution in [2.24, 2.45) is 5.92 Å². The van der Waals surface area contributed by atoms with Crippen LogP contribution in [0.3, 0.4) is 0 Å². The van der Waals surface area contributed by atoms with Crippen molar-refractivity contribution in [1.82, 2.24) is 9.36 Å². The van der Waals surface area contributed by atoms with Crippen LogP contribution in [0.5, 0.6) is 0 Å². The van der Waals surface area contributed by atoms with Crippen LogP contribution in [0, 0.1) is 12.8 Å². The van der Waals surface area contributed by atoms with Gasteiger partial charge in [0.1, 0.15) is 5.82 Å². The molecule has 0 bridgehead atoms. The van der Waals surface area contributed by atoms with E-state index in [1.54, 1.807) is 0 Å². The third kappa shape index (κ3) is 1.99. The van der Waals surface area contributed by atoms with Crippen molar-refractivity contribution in [2.75, 3.05) is 18.5 Å². The van der Waals surface area contributed by atoms with E-state index in [-0.39, 0.29) is 0 Å². The molecule has 1 aliphatic carbocycles. The highest BCUT2D eigenvalue weighted by molar-refractivity contribution is 7.09. The number of rotatable bonds is 3. The van der Waals surface area contributed by atoms with Gasteiger partial charge in [-0.25, -0.2) is 4.98 Å². The minimum atomic E-state index is 0.889. The number of aromatic nitrogens is 2. The molecular weight excluding hydrogens is 182 g/mol. The summed E-state index contributed by atoms with van der Waals surface area (Å²) in [5.41, 5.74) is 0. The number of hydrogen-bond acceptors (Lipinski definition) is 4. The second-order valence-electron chi connectivity index (χ2n) is 3.80. The van der Waals surface area contributed by atoms with Gasteiger partial charge >= 0.3 is 0 Å². The highest BCUT2D eigenvalue weighted by Crippen LogP contribution is 2.28. The molecule has 1 aromatic rings. The molecule has 0 amide bonds. The van der Waals surface area contributed by atoms with Crippen molar-refractivity contribution in [1.29, 1.82) is 0 Å². The normalized spacial score (nSPS) is 17.1. The molecule has 0 N–H and O–H groups in total. The summed E-state index contributed by atoms with van der Waals surface area (Å²) in [6, 6.07) is 0. The van der Waals surface area contributed by atoms with E-state index in [1.165, 1.54) is 30.8 Å². The molecule has 0 aromatic carbocycles. The molecule has 1 fully saturated rings. The van der Waals surface area contributed by atoms with Crippen LogP contribution in [-0.4, -0.2) is 22.9 Å². The lowest BCUT2D eigenvalue weighted by atomic mass is 9.85. The van der Waals surface area contributed by atoms with Gasteiger partial charge in [-0.05, 0) is 25.7 Å². The molecule has 3 nitrogen and oxygen atoms in total. The van der Waals surface area contributed by atoms with Crippen LogP contribution in [-0.2, 0) is 0 Å². The first-order chi connectivity index (χ1) is 6.25. The molecular formula is C9H15N3S. The molecule has 1 saturated carbocycles. The van der Waals surface area contributed by atoms with Crippen LogP contribution in [0.1, 0.15) is 25.1 Å². The molecule has 72 valence electrons. The van der Waals surface area contributed by atoms with Gasteiger partial charge < -0.3 is 4.90 Å². The fourth-order valence-corrected chi connectivity index (χ4v) is 2.22. The number of nitrogens with zero attached hydrogens (tertiary/aromatic N) is 3. The van der Waals surface area contributed by atoms with E-state index in [4.69, 9.17) is 0 Å². The second-order valence-corrected chi connectivity index (χ2v) is 4.53. The average molecular weight is 197 g/mol. The van der Waals surface area contributed by atoms with Gasteiger partial charge in [0.15, 0.2) is 0 Å². The second kappa shape index (κ2) is 3.62. The van der Waals surface area contributed by atoms with Gasteiger partial charge in [-0.2, -0.15) is 4.37 Å². The molecule has 0 spiro atoms. The van der Waals surface area contributed by atoms with Crippen molar-refractivity contribution in [2.45, 2.75) is 26.2 Å². The minimum Gasteiger partial charge on any atom is -0.350 e. The maximum absolute atomic E-state index is 4.36. The summed E-state index contributed by atoms with van der Waals surface area (Å²) in [6.45, 7) is 3.09. The summed E-state index contributed by atoms with van der Waals surface area (Å²) < 4.78 is 4.18. The van der Waals surface area contributed by atoms with Gasteiger partial charge in [0.2, 0.25) is 5.13 Å². The first-order valence-corrected chi connectivity index (χ1v) is 5.54. The van der Waals surface area contributed by atoms with Gasteiger partial charge in [0.05, 0.1) is 0 Å². The van der Waals surface area contributed by atoms with E-state index in [0.29, 0.717) is 0 Å². The Hall–Kier alpha value is -0.640. The van der Waals surface area contributed by atoms with E-state index in [9.17, 15) is 0 Å². The Morgan fingerprint density at radius 2 is 2.31 bits per heavy atom. The number of hydrogen-bond donors (Lipinski definition) is 0. The van der Waals surface area contributed by atoms with E-state index in [1.807, 2.05) is 6.92 Å². The largest absolute Gasteiger partial charge is 0.350 e. The predicted molar refractivity (Wildman–Crippen MR) is 55.3 cm³/mol. The van der Waals surface area contributed by atoms with Crippen LogP contribution in [0.15, 0.2) is 0 Å². The standard InChI is InChI=1S/C9H15N3S/c1-7-10-9(13-11-7)12(2)6-8-4-3-5-8/h8H,3-6H2,1-2H3. The highest BCUT2D eigenvalue weighted by Gasteiger charge is 2.20. The summed E-state index contributed by atoms with van der Waals surface area (Å²) in [5.74, 6) is 1.79. The molecule has 1 aliphatic rings. The average Bonchev–Trinajstić information content (AvgIpc) is 2.44. The number of anilines is 1. The Morgan fingerprint density at radius 1 is 1.54 bits per heavy atom. The zero-order valence-corrected chi connectivity index (χ0v) is 8.97. The lowest BCUT2D eigenvalue weighted by Gasteiger charge is -2.29. The minimum absolute atomic E-state index is 0.889. The Kier molecular flexibility index (Phi) is 2.49. The summed E-state index contributed by atoms with van der Waals surface area (Å²) in [4.78, 5) is 6.59. The quantitative estimate of drug-likeness (QED) is 0.743. The fraction of sp³-hybridized carbons (Fsp3) is 0.778. The molecule has 0 unspecified atom stereocenters. The molecule has 0 atom stereocenters. The molecule has 0 aliphatic heterocycles. The first-order valence-electron chi connectivity index (χ1n) is 4.77. The van der Waals surface area contributed by atoms with Gasteiger partial charge in [-0.1, -0.05) is 6.42 Å². The van der Waals surface area contributed by atoms with Crippen LogP contribution in [0.2, 0.25) is 0 Å². The Balaban J connectivity index is 1.92. The van der Waals surface area contributed by atoms with Crippen molar-refractivity contribution >= 4 is 16.7 Å². The zero-order chi connectivity index (χ0) is 9.26. The summed E-state index contributed by atoms with van der Waals surface area (Å²) >= 11 is 1.50. The summed E-state index contributed by atoms with van der Waals surface area (Å²) in [6.07, 6.45) is 4.19. The van der Waals surface area contributed by atoms with Crippen LogP contribution < -0.4 is 4.90 Å². The van der Waals surface area contributed by atoms with E-state index < -0.39 is 0 Å². The van der Waals surface area contributed by atoms with E-state index >= 15 is 0 Å². The van der Waals surface area contributed by atoms with Gasteiger partial charge in [-0.3, -0.25) is 0 Å². The zero-order valence-electron chi connectivity index (χ0n) is 8.16. The first kappa shape index (κ1) is 8.94. The van der Waals surface area contributed by atoms with E-state index in [0.717, 1.165) is 23.4 Å². The Bertz CT molecular complexity index is 280. The lowest BCUT2D eigenvalue weighted by Crippen LogP contribution is -2.29. The molecule has 13 heavy (non-hydrogen) atoms. The van der Waals surface area contributed by atoms with Crippen LogP contribution in [0.25, 0.3) is 0 Å². The van der Waals surface area contributed by atoms with Gasteiger partial charge in [0, 0.05) is 25.1 Å². The molecule has 1 aromatic heterocycles. The Labute approximate surface area is 83.0 Å². The van der Waals surface area contributed by atoms with Crippen molar-refractivity contribution in [3.63, 3.8) is 0 Å². The third-order valence-electron chi connectivity index (χ3n) is 2.60. The van der Waals surface area contributed by atoms with Crippen LogP contribution >= 0.6 is 11.5 Å². The molecule has 1 heterocycles. The number of aryl methyl sites for hydroxylation is 1. The van der Waals surface area contributed by atoms with Gasteiger partial charge in [-0.15, -0.1) is 0 Å². The monoisotopic (exact) mass is 197 g/mol. The van der Waals surface area contributed by atoms with Crippen molar-refractivity contribution in [3.8, 4) is 0 Å². The van der Waals surface area contributed by atoms with Gasteiger partial charge in [0.25, 0.3) is 0 Å². The Morgan fingerprint density at radius 3 is 2.77 bits per heavy atom. The lowest BCUT2D eigenvalue weighted by molar-refractivity contribution is 0.321. The molecule has 0 saturated heterocycles. The maximum atomic E-state index is 4.36. The van der Waals surface area contributed by atoms with Crippen LogP contribution in [0.4, 0.5) is 5.13 Å². The fourth-order valence-electron chi connectivity index (χ4n) is 1.58. The summed E-state index contributed by atoms with van der Waals surface area (Å²) in [5, 5.41) is 1.06. The topological polar surface area (TPSA) is 29.0 Å². The molecule has 2 rings (SSSR count). The third-order valence-corrected chi connectivity index (χ3v) is 3.52. The highest BCUT2D eigenvalue weighted by atomic mass is 32.1. The maximum Gasteiger partial charge on any atom is 0.204 e. The van der Waals surface area contributed by atoms with Crippen molar-refractivity contribution < 1.29 is 0 Å². The van der Waals surface area contributed by atoms with Crippen molar-refractivity contribution in [3.05, 3.63) is 5.82 Å². The smallest absolute Gasteiger partial charge is 0.204 e. The predicted octanol–water partition coefficient (Wildman–Crippen LogP) is 2.08. The molecule has 0 radical (unpaired) electrons. The molecule has 4 heteroatoms. The SMILES string of the molecule is Cc1nsc(N(C)CC2CCC2)n1. The summed E-state index contributed by atoms with van der Waals surface area (Å²) in [7, 11) is 2.11.